The van der Waals surface area contributed by atoms with Crippen LogP contribution < -0.4 is 5.32 Å². The summed E-state index contributed by atoms with van der Waals surface area (Å²) in [5.74, 6) is 0. The average molecular weight is 272 g/mol. The molecule has 0 unspecified atom stereocenters. The number of halogens is 3. The van der Waals surface area contributed by atoms with Gasteiger partial charge in [-0.25, -0.2) is 4.98 Å². The molecule has 1 heterocycles. The van der Waals surface area contributed by atoms with Crippen molar-refractivity contribution in [2.75, 3.05) is 0 Å². The summed E-state index contributed by atoms with van der Waals surface area (Å²) < 4.78 is 36.9. The van der Waals surface area contributed by atoms with E-state index in [0.717, 1.165) is 5.56 Å². The Labute approximate surface area is 106 Å². The normalized spacial score (nSPS) is 11.7. The molecule has 0 spiro atoms. The van der Waals surface area contributed by atoms with E-state index < -0.39 is 11.2 Å². The fourth-order valence-corrected chi connectivity index (χ4v) is 2.14. The molecule has 6 heteroatoms. The van der Waals surface area contributed by atoms with Crippen LogP contribution >= 0.6 is 11.3 Å². The predicted molar refractivity (Wildman–Crippen MR) is 64.1 cm³/mol. The van der Waals surface area contributed by atoms with Crippen LogP contribution in [0.2, 0.25) is 0 Å². The van der Waals surface area contributed by atoms with Crippen molar-refractivity contribution in [3.05, 3.63) is 52.0 Å². The quantitative estimate of drug-likeness (QED) is 0.922. The van der Waals surface area contributed by atoms with Crippen LogP contribution in [0.25, 0.3) is 0 Å². The topological polar surface area (TPSA) is 24.9 Å². The fraction of sp³-hybridized carbons (Fsp3) is 0.250. The minimum absolute atomic E-state index is 0.335. The van der Waals surface area contributed by atoms with Gasteiger partial charge in [0, 0.05) is 18.5 Å². The maximum absolute atomic E-state index is 12.3. The first-order valence-electron chi connectivity index (χ1n) is 5.32. The van der Waals surface area contributed by atoms with Crippen LogP contribution in [0.4, 0.5) is 13.2 Å². The van der Waals surface area contributed by atoms with Crippen LogP contribution in [-0.2, 0) is 19.3 Å². The van der Waals surface area contributed by atoms with Crippen LogP contribution in [0.3, 0.4) is 0 Å². The molecule has 0 aliphatic rings. The van der Waals surface area contributed by atoms with E-state index in [4.69, 9.17) is 0 Å². The number of thiazole rings is 1. The lowest BCUT2D eigenvalue weighted by atomic mass is 10.2. The Hall–Kier alpha value is -1.40. The van der Waals surface area contributed by atoms with Crippen LogP contribution in [0, 0.1) is 0 Å². The molecular formula is C12H11F3N2S. The fourth-order valence-electron chi connectivity index (χ4n) is 1.45. The van der Waals surface area contributed by atoms with Crippen molar-refractivity contribution in [1.82, 2.24) is 10.3 Å². The van der Waals surface area contributed by atoms with Gasteiger partial charge in [-0.2, -0.15) is 13.2 Å². The maximum Gasteiger partial charge on any atom is 0.443 e. The van der Waals surface area contributed by atoms with Gasteiger partial charge in [0.25, 0.3) is 0 Å². The van der Waals surface area contributed by atoms with Gasteiger partial charge in [-0.3, -0.25) is 0 Å². The number of hydrogen-bond donors (Lipinski definition) is 1. The lowest BCUT2D eigenvalue weighted by molar-refractivity contribution is -0.137. The summed E-state index contributed by atoms with van der Waals surface area (Å²) in [7, 11) is 0. The van der Waals surface area contributed by atoms with E-state index in [1.165, 1.54) is 5.38 Å². The number of rotatable bonds is 4. The molecule has 1 N–H and O–H groups in total. The second kappa shape index (κ2) is 5.49. The van der Waals surface area contributed by atoms with E-state index in [9.17, 15) is 13.2 Å². The van der Waals surface area contributed by atoms with E-state index in [-0.39, 0.29) is 0 Å². The minimum Gasteiger partial charge on any atom is -0.307 e. The lowest BCUT2D eigenvalue weighted by Crippen LogP contribution is -2.13. The highest BCUT2D eigenvalue weighted by molar-refractivity contribution is 7.09. The Bertz CT molecular complexity index is 494. The molecular weight excluding hydrogens is 261 g/mol. The molecule has 0 bridgehead atoms. The Morgan fingerprint density at radius 1 is 1.11 bits per heavy atom. The third-order valence-electron chi connectivity index (χ3n) is 2.27. The van der Waals surface area contributed by atoms with Gasteiger partial charge < -0.3 is 5.32 Å². The number of alkyl halides is 3. The number of nitrogens with zero attached hydrogens (tertiary/aromatic N) is 1. The van der Waals surface area contributed by atoms with Crippen molar-refractivity contribution < 1.29 is 13.2 Å². The molecule has 0 radical (unpaired) electrons. The van der Waals surface area contributed by atoms with E-state index in [1.54, 1.807) is 0 Å². The van der Waals surface area contributed by atoms with Crippen molar-refractivity contribution in [2.24, 2.45) is 0 Å². The molecule has 0 saturated heterocycles. The Morgan fingerprint density at radius 3 is 2.44 bits per heavy atom. The highest BCUT2D eigenvalue weighted by atomic mass is 32.1. The van der Waals surface area contributed by atoms with Crippen molar-refractivity contribution in [3.63, 3.8) is 0 Å². The van der Waals surface area contributed by atoms with Gasteiger partial charge in [0.2, 0.25) is 0 Å². The number of hydrogen-bond acceptors (Lipinski definition) is 3. The number of benzene rings is 1. The maximum atomic E-state index is 12.3. The van der Waals surface area contributed by atoms with Gasteiger partial charge in [-0.05, 0) is 5.56 Å². The van der Waals surface area contributed by atoms with Crippen LogP contribution in [0.1, 0.15) is 16.3 Å². The molecule has 0 fully saturated rings. The second-order valence-corrected chi connectivity index (χ2v) is 4.59. The van der Waals surface area contributed by atoms with Crippen LogP contribution in [0.15, 0.2) is 35.7 Å². The van der Waals surface area contributed by atoms with Gasteiger partial charge >= 0.3 is 6.18 Å². The molecule has 0 aliphatic carbocycles. The average Bonchev–Trinajstić information content (AvgIpc) is 2.79. The molecule has 0 amide bonds. The van der Waals surface area contributed by atoms with Crippen LogP contribution in [0.5, 0.6) is 0 Å². The first-order valence-corrected chi connectivity index (χ1v) is 6.20. The molecule has 2 rings (SSSR count). The first-order chi connectivity index (χ1) is 8.55. The zero-order valence-corrected chi connectivity index (χ0v) is 10.2. The SMILES string of the molecule is FC(F)(F)c1nc(CNCc2ccccc2)cs1. The zero-order chi connectivity index (χ0) is 13.0. The summed E-state index contributed by atoms with van der Waals surface area (Å²) in [5.41, 5.74) is 1.51. The summed E-state index contributed by atoms with van der Waals surface area (Å²) in [4.78, 5) is 3.54. The molecule has 0 saturated carbocycles. The lowest BCUT2D eigenvalue weighted by Gasteiger charge is -2.03. The van der Waals surface area contributed by atoms with E-state index >= 15 is 0 Å². The van der Waals surface area contributed by atoms with Gasteiger partial charge in [0.15, 0.2) is 5.01 Å². The van der Waals surface area contributed by atoms with E-state index in [1.807, 2.05) is 30.3 Å². The largest absolute Gasteiger partial charge is 0.443 e. The Kier molecular flexibility index (Phi) is 3.98. The minimum atomic E-state index is -4.34. The molecule has 1 aromatic heterocycles. The van der Waals surface area contributed by atoms with E-state index in [2.05, 4.69) is 10.3 Å². The van der Waals surface area contributed by atoms with Crippen molar-refractivity contribution >= 4 is 11.3 Å². The molecule has 96 valence electrons. The van der Waals surface area contributed by atoms with Gasteiger partial charge in [-0.15, -0.1) is 11.3 Å². The van der Waals surface area contributed by atoms with Crippen LogP contribution in [-0.4, -0.2) is 4.98 Å². The van der Waals surface area contributed by atoms with Gasteiger partial charge in [0.05, 0.1) is 5.69 Å². The zero-order valence-electron chi connectivity index (χ0n) is 9.37. The third-order valence-corrected chi connectivity index (χ3v) is 3.21. The van der Waals surface area contributed by atoms with Crippen molar-refractivity contribution in [2.45, 2.75) is 19.3 Å². The summed E-state index contributed by atoms with van der Waals surface area (Å²) in [6.07, 6.45) is -4.34. The highest BCUT2D eigenvalue weighted by Gasteiger charge is 2.34. The summed E-state index contributed by atoms with van der Waals surface area (Å²) >= 11 is 0.627. The highest BCUT2D eigenvalue weighted by Crippen LogP contribution is 2.31. The smallest absolute Gasteiger partial charge is 0.307 e. The molecule has 2 aromatic rings. The monoisotopic (exact) mass is 272 g/mol. The van der Waals surface area contributed by atoms with Gasteiger partial charge in [0.1, 0.15) is 0 Å². The number of aromatic nitrogens is 1. The Morgan fingerprint density at radius 2 is 1.83 bits per heavy atom. The van der Waals surface area contributed by atoms with E-state index in [0.29, 0.717) is 30.1 Å². The van der Waals surface area contributed by atoms with Gasteiger partial charge in [-0.1, -0.05) is 30.3 Å². The Balaban J connectivity index is 1.86. The standard InChI is InChI=1S/C12H11F3N2S/c13-12(14,15)11-17-10(8-18-11)7-16-6-9-4-2-1-3-5-9/h1-5,8,16H,6-7H2. The molecule has 2 nitrogen and oxygen atoms in total. The summed E-state index contributed by atoms with van der Waals surface area (Å²) in [6.45, 7) is 0.946. The molecule has 18 heavy (non-hydrogen) atoms. The third kappa shape index (κ3) is 3.54. The summed E-state index contributed by atoms with van der Waals surface area (Å²) in [5, 5.41) is 3.70. The van der Waals surface area contributed by atoms with Crippen molar-refractivity contribution in [1.29, 1.82) is 0 Å². The molecule has 1 aromatic carbocycles. The van der Waals surface area contributed by atoms with Crippen molar-refractivity contribution in [3.8, 4) is 0 Å². The first kappa shape index (κ1) is 13.0. The summed E-state index contributed by atoms with van der Waals surface area (Å²) in [6, 6.07) is 9.66. The second-order valence-electron chi connectivity index (χ2n) is 3.73. The predicted octanol–water partition coefficient (Wildman–Crippen LogP) is 3.45. The number of nitrogens with one attached hydrogen (secondary N) is 1. The molecule has 0 aliphatic heterocycles. The molecule has 0 atom stereocenters.